The highest BCUT2D eigenvalue weighted by Crippen LogP contribution is 2.43. The zero-order chi connectivity index (χ0) is 56.8. The number of carbonyl (C=O) groups excluding carboxylic acids is 2. The number of hydrogen-bond donors (Lipinski definition) is 13. The van der Waals surface area contributed by atoms with Crippen LogP contribution in [-0.2, 0) is 38.0 Å². The Morgan fingerprint density at radius 1 is 0.544 bits per heavy atom. The zero-order valence-electron chi connectivity index (χ0n) is 41.7. The van der Waals surface area contributed by atoms with Crippen molar-refractivity contribution in [2.45, 2.75) is 92.1 Å². The summed E-state index contributed by atoms with van der Waals surface area (Å²) in [5.41, 5.74) is 0.794. The molecule has 4 heterocycles. The van der Waals surface area contributed by atoms with E-state index in [0.717, 1.165) is 24.3 Å². The maximum Gasteiger partial charge on any atom is 0.402 e. The monoisotopic (exact) mass is 1110 g/mol. The minimum absolute atomic E-state index is 0.0726. The lowest BCUT2D eigenvalue weighted by atomic mass is 9.97. The van der Waals surface area contributed by atoms with Gasteiger partial charge >= 0.3 is 23.3 Å². The SMILES string of the molecule is COc1cc(/C=C/C(=O)OCC2O[C@@H](Oc3cc4c(O[C@@H]5OC(CO)[C@@H](O)[C@H](O)C5O)cc(O)cc4[o+]c3-c3ccc(O)cc3)C(O[C@@H]3OC(CO)[C@@H](O)[C@H](O)C3OC(=O)/C=C/c3ccc(O)c(OC)c3)[C@@H](O)[C@@H]2O)ccc1O. The number of ether oxygens (including phenoxy) is 10. The largest absolute Gasteiger partial charge is 0.508 e. The number of aliphatic hydroxyl groups excluding tert-OH is 9. The Morgan fingerprint density at radius 2 is 1.09 bits per heavy atom. The van der Waals surface area contributed by atoms with Gasteiger partial charge in [0.15, 0.2) is 41.5 Å². The van der Waals surface area contributed by atoms with Gasteiger partial charge in [-0.15, -0.1) is 0 Å². The Bertz CT molecular complexity index is 2980. The summed E-state index contributed by atoms with van der Waals surface area (Å²) in [5.74, 6) is -3.81. The van der Waals surface area contributed by atoms with Crippen molar-refractivity contribution in [3.05, 3.63) is 102 Å². The lowest BCUT2D eigenvalue weighted by Crippen LogP contribution is -2.65. The number of rotatable bonds is 18. The van der Waals surface area contributed by atoms with E-state index in [0.29, 0.717) is 11.1 Å². The third-order valence-corrected chi connectivity index (χ3v) is 12.9. The fourth-order valence-electron chi connectivity index (χ4n) is 8.62. The molecule has 8 rings (SSSR count). The first-order valence-corrected chi connectivity index (χ1v) is 24.1. The van der Waals surface area contributed by atoms with E-state index in [1.54, 1.807) is 0 Å². The van der Waals surface area contributed by atoms with E-state index in [-0.39, 0.29) is 62.5 Å². The second-order valence-corrected chi connectivity index (χ2v) is 18.2. The highest BCUT2D eigenvalue weighted by molar-refractivity contribution is 5.89. The molecule has 13 N–H and O–H groups in total. The Hall–Kier alpha value is -7.41. The van der Waals surface area contributed by atoms with Crippen LogP contribution < -0.4 is 18.9 Å². The molecule has 15 atom stereocenters. The quantitative estimate of drug-likeness (QED) is 0.0310. The van der Waals surface area contributed by atoms with E-state index in [1.165, 1.54) is 93.1 Å². The molecule has 0 radical (unpaired) electrons. The third-order valence-electron chi connectivity index (χ3n) is 12.9. The summed E-state index contributed by atoms with van der Waals surface area (Å²) in [4.78, 5) is 26.5. The van der Waals surface area contributed by atoms with Gasteiger partial charge in [0, 0.05) is 24.3 Å². The van der Waals surface area contributed by atoms with Crippen LogP contribution in [0.2, 0.25) is 0 Å². The molecule has 4 aromatic carbocycles. The fraction of sp³-hybridized carbons (Fsp3) is 0.377. The summed E-state index contributed by atoms with van der Waals surface area (Å²) in [6, 6.07) is 17.2. The number of phenols is 4. The average molecular weight is 1110 g/mol. The van der Waals surface area contributed by atoms with Crippen LogP contribution in [0.4, 0.5) is 0 Å². The highest BCUT2D eigenvalue weighted by atomic mass is 16.8. The number of fused-ring (bicyclic) bond motifs is 1. The molecule has 0 saturated carbocycles. The van der Waals surface area contributed by atoms with Crippen molar-refractivity contribution in [1.82, 2.24) is 0 Å². The Morgan fingerprint density at radius 3 is 1.70 bits per heavy atom. The van der Waals surface area contributed by atoms with E-state index in [2.05, 4.69) is 0 Å². The Labute approximate surface area is 447 Å². The van der Waals surface area contributed by atoms with Gasteiger partial charge in [0.05, 0.1) is 39.1 Å². The molecule has 0 aliphatic carbocycles. The average Bonchev–Trinajstić information content (AvgIpc) is 3.44. The maximum absolute atomic E-state index is 13.4. The number of benzene rings is 4. The fourth-order valence-corrected chi connectivity index (χ4v) is 8.62. The van der Waals surface area contributed by atoms with Crippen LogP contribution in [0, 0.1) is 0 Å². The number of methoxy groups -OCH3 is 2. The number of aliphatic hydroxyl groups is 9. The molecule has 3 fully saturated rings. The van der Waals surface area contributed by atoms with Crippen LogP contribution in [0.1, 0.15) is 11.1 Å². The summed E-state index contributed by atoms with van der Waals surface area (Å²) < 4.78 is 63.7. The van der Waals surface area contributed by atoms with Gasteiger partial charge in [-0.3, -0.25) is 0 Å². The van der Waals surface area contributed by atoms with Crippen molar-refractivity contribution in [3.8, 4) is 57.3 Å². The van der Waals surface area contributed by atoms with E-state index in [9.17, 15) is 76.0 Å². The second kappa shape index (κ2) is 25.1. The predicted molar refractivity (Wildman–Crippen MR) is 266 cm³/mol. The normalized spacial score (nSPS) is 29.1. The van der Waals surface area contributed by atoms with Crippen molar-refractivity contribution in [2.24, 2.45) is 0 Å². The van der Waals surface area contributed by atoms with Gasteiger partial charge in [0.25, 0.3) is 0 Å². The first-order chi connectivity index (χ1) is 37.8. The van der Waals surface area contributed by atoms with Gasteiger partial charge in [0.1, 0.15) is 90.3 Å². The van der Waals surface area contributed by atoms with Crippen LogP contribution in [0.25, 0.3) is 34.4 Å². The predicted octanol–water partition coefficient (Wildman–Crippen LogP) is -0.0693. The summed E-state index contributed by atoms with van der Waals surface area (Å²) in [5, 5.41) is 139. The molecule has 5 aromatic rings. The van der Waals surface area contributed by atoms with Crippen molar-refractivity contribution < 1.29 is 128 Å². The zero-order valence-corrected chi connectivity index (χ0v) is 41.7. The van der Waals surface area contributed by atoms with Gasteiger partial charge in [-0.25, -0.2) is 14.0 Å². The number of aromatic hydroxyl groups is 4. The highest BCUT2D eigenvalue weighted by Gasteiger charge is 2.54. The molecule has 0 amide bonds. The maximum atomic E-state index is 13.4. The van der Waals surface area contributed by atoms with Gasteiger partial charge in [0.2, 0.25) is 18.3 Å². The molecule has 3 aliphatic heterocycles. The lowest BCUT2D eigenvalue weighted by molar-refractivity contribution is -0.358. The van der Waals surface area contributed by atoms with E-state index >= 15 is 0 Å². The molecular weight excluding hydrogens is 1050 g/mol. The summed E-state index contributed by atoms with van der Waals surface area (Å²) in [7, 11) is 2.64. The molecule has 26 heteroatoms. The summed E-state index contributed by atoms with van der Waals surface area (Å²) >= 11 is 0. The van der Waals surface area contributed by atoms with Crippen LogP contribution >= 0.6 is 0 Å². The standard InChI is InChI=1S/C53H56O26/c1-69-33-15-23(3-11-29(33)58)5-13-39(60)71-22-38-43(64)46(67)50(79-53-49(45(66)42(63)37(21-55)76-53)78-40(61)14-6-24-4-12-30(59)34(16-24)70-2)52(77-38)74-35-19-28-31(72-48(35)25-7-9-26(56)10-8-25)17-27(57)18-32(28)73-51-47(68)44(65)41(62)36(20-54)75-51/h3-19,36-38,41-47,49-55,62-68H,20-22H2,1-2H3,(H3-,56,57,58,59,60,61)/p+1/t36?,37?,38?,41-,42-,43-,44+,45+,46+,47?,49?,50?,51-,52-,53+/m1/s1. The number of phenolic OH excluding ortho intramolecular Hbond substituents is 4. The van der Waals surface area contributed by atoms with E-state index < -0.39 is 130 Å². The van der Waals surface area contributed by atoms with Gasteiger partial charge in [-0.2, -0.15) is 0 Å². The number of carbonyl (C=O) groups is 2. The smallest absolute Gasteiger partial charge is 0.402 e. The molecule has 3 aliphatic rings. The lowest BCUT2D eigenvalue weighted by Gasteiger charge is -2.46. The first kappa shape index (κ1) is 57.8. The molecule has 26 nitrogen and oxygen atoms in total. The Balaban J connectivity index is 1.17. The molecule has 0 spiro atoms. The molecule has 79 heavy (non-hydrogen) atoms. The topological polar surface area (TPSA) is 401 Å². The van der Waals surface area contributed by atoms with Crippen LogP contribution in [-0.4, -0.2) is 204 Å². The molecule has 3 saturated heterocycles. The Kier molecular flexibility index (Phi) is 18.4. The van der Waals surface area contributed by atoms with Crippen molar-refractivity contribution >= 4 is 35.1 Å². The number of esters is 2. The minimum Gasteiger partial charge on any atom is -0.508 e. The van der Waals surface area contributed by atoms with Crippen molar-refractivity contribution in [3.63, 3.8) is 0 Å². The summed E-state index contributed by atoms with van der Waals surface area (Å²) in [6.07, 6.45) is -23.8. The second-order valence-electron chi connectivity index (χ2n) is 18.2. The molecular formula is C53H57O26+. The van der Waals surface area contributed by atoms with Gasteiger partial charge < -0.3 is 114 Å². The van der Waals surface area contributed by atoms with Crippen LogP contribution in [0.3, 0.4) is 0 Å². The first-order valence-electron chi connectivity index (χ1n) is 24.1. The van der Waals surface area contributed by atoms with Crippen LogP contribution in [0.15, 0.2) is 95.4 Å². The van der Waals surface area contributed by atoms with Gasteiger partial charge in [-0.05, 0) is 71.8 Å². The van der Waals surface area contributed by atoms with Crippen molar-refractivity contribution in [1.29, 1.82) is 0 Å². The molecule has 1 aromatic heterocycles. The van der Waals surface area contributed by atoms with Crippen molar-refractivity contribution in [2.75, 3.05) is 34.0 Å². The summed E-state index contributed by atoms with van der Waals surface area (Å²) in [6.45, 7) is -2.53. The van der Waals surface area contributed by atoms with E-state index in [4.69, 9.17) is 51.8 Å². The molecule has 0 bridgehead atoms. The van der Waals surface area contributed by atoms with Crippen LogP contribution in [0.5, 0.6) is 46.0 Å². The molecule has 424 valence electrons. The number of hydrogen-bond acceptors (Lipinski definition) is 25. The third kappa shape index (κ3) is 13.0. The molecule has 6 unspecified atom stereocenters. The minimum atomic E-state index is -2.15. The van der Waals surface area contributed by atoms with E-state index in [1.807, 2.05) is 0 Å². The van der Waals surface area contributed by atoms with Gasteiger partial charge in [-0.1, -0.05) is 12.1 Å².